The number of hydrogen-bond acceptors (Lipinski definition) is 7. The molecule has 174 valence electrons. The lowest BCUT2D eigenvalue weighted by Gasteiger charge is -2.30. The van der Waals surface area contributed by atoms with Crippen molar-refractivity contribution in [1.82, 2.24) is 9.80 Å². The van der Waals surface area contributed by atoms with Crippen LogP contribution in [0.15, 0.2) is 30.3 Å². The zero-order chi connectivity index (χ0) is 23.1. The van der Waals surface area contributed by atoms with E-state index < -0.39 is 0 Å². The lowest BCUT2D eigenvalue weighted by atomic mass is 10.1. The molecule has 32 heavy (non-hydrogen) atoms. The maximum Gasteiger partial charge on any atom is 0.264 e. The van der Waals surface area contributed by atoms with E-state index in [1.165, 1.54) is 12.7 Å². The molecule has 0 saturated heterocycles. The average Bonchev–Trinajstić information content (AvgIpc) is 2.83. The summed E-state index contributed by atoms with van der Waals surface area (Å²) in [5, 5.41) is 0. The van der Waals surface area contributed by atoms with Gasteiger partial charge in [0.05, 0.1) is 28.4 Å². The van der Waals surface area contributed by atoms with Gasteiger partial charge < -0.3 is 33.5 Å². The second-order valence-electron chi connectivity index (χ2n) is 7.64. The van der Waals surface area contributed by atoms with E-state index in [0.717, 1.165) is 37.4 Å². The lowest BCUT2D eigenvalue weighted by Crippen LogP contribution is -2.40. The van der Waals surface area contributed by atoms with Gasteiger partial charge >= 0.3 is 0 Å². The third kappa shape index (κ3) is 5.37. The summed E-state index contributed by atoms with van der Waals surface area (Å²) in [5.41, 5.74) is 1.63. The first-order chi connectivity index (χ1) is 15.5. The van der Waals surface area contributed by atoms with E-state index in [4.69, 9.17) is 23.7 Å². The number of hydrogen-bond donors (Lipinski definition) is 0. The molecule has 3 rings (SSSR count). The number of nitrogens with zero attached hydrogens (tertiary/aromatic N) is 2. The molecule has 8 nitrogen and oxygen atoms in total. The standard InChI is InChI=1S/C24H32N2O6/c1-25(12-9-17-7-8-19(29-3)20(13-17)30-4)10-6-11-26-16-32-22-15-18(28-2)14-21(31-5)23(22)24(26)27/h7-8,13-15H,6,9-12,16H2,1-5H3. The van der Waals surface area contributed by atoms with Crippen molar-refractivity contribution in [2.45, 2.75) is 12.8 Å². The molecule has 0 aromatic heterocycles. The Morgan fingerprint density at radius 3 is 2.38 bits per heavy atom. The molecule has 2 aromatic carbocycles. The monoisotopic (exact) mass is 444 g/mol. The van der Waals surface area contributed by atoms with Gasteiger partial charge in [0, 0.05) is 25.2 Å². The second-order valence-corrected chi connectivity index (χ2v) is 7.64. The highest BCUT2D eigenvalue weighted by atomic mass is 16.5. The van der Waals surface area contributed by atoms with E-state index >= 15 is 0 Å². The fourth-order valence-electron chi connectivity index (χ4n) is 3.70. The van der Waals surface area contributed by atoms with Crippen LogP contribution < -0.4 is 23.7 Å². The van der Waals surface area contributed by atoms with Crippen LogP contribution in [-0.4, -0.2) is 77.6 Å². The minimum Gasteiger partial charge on any atom is -0.496 e. The second kappa shape index (κ2) is 10.9. The molecule has 0 fully saturated rings. The lowest BCUT2D eigenvalue weighted by molar-refractivity contribution is 0.0505. The molecule has 0 spiro atoms. The largest absolute Gasteiger partial charge is 0.496 e. The highest BCUT2D eigenvalue weighted by molar-refractivity contribution is 6.00. The quantitative estimate of drug-likeness (QED) is 0.528. The van der Waals surface area contributed by atoms with Gasteiger partial charge in [0.2, 0.25) is 0 Å². The van der Waals surface area contributed by atoms with Crippen molar-refractivity contribution in [3.63, 3.8) is 0 Å². The van der Waals surface area contributed by atoms with Crippen LogP contribution in [0.25, 0.3) is 0 Å². The Hall–Kier alpha value is -3.13. The first-order valence-electron chi connectivity index (χ1n) is 10.6. The molecule has 1 aliphatic heterocycles. The van der Waals surface area contributed by atoms with Gasteiger partial charge in [-0.2, -0.15) is 0 Å². The highest BCUT2D eigenvalue weighted by Gasteiger charge is 2.30. The molecule has 8 heteroatoms. The minimum atomic E-state index is -0.0845. The van der Waals surface area contributed by atoms with Crippen molar-refractivity contribution >= 4 is 5.91 Å². The molecule has 1 heterocycles. The summed E-state index contributed by atoms with van der Waals surface area (Å²) in [6, 6.07) is 9.41. The molecular weight excluding hydrogens is 412 g/mol. The summed E-state index contributed by atoms with van der Waals surface area (Å²) >= 11 is 0. The molecule has 0 aliphatic carbocycles. The molecule has 0 atom stereocenters. The zero-order valence-corrected chi connectivity index (χ0v) is 19.5. The van der Waals surface area contributed by atoms with Crippen molar-refractivity contribution in [3.05, 3.63) is 41.5 Å². The van der Waals surface area contributed by atoms with E-state index in [1.54, 1.807) is 38.4 Å². The van der Waals surface area contributed by atoms with Crippen LogP contribution >= 0.6 is 0 Å². The van der Waals surface area contributed by atoms with Crippen molar-refractivity contribution in [1.29, 1.82) is 0 Å². The Morgan fingerprint density at radius 1 is 0.938 bits per heavy atom. The van der Waals surface area contributed by atoms with Gasteiger partial charge in [-0.15, -0.1) is 0 Å². The van der Waals surface area contributed by atoms with Crippen LogP contribution in [0, 0.1) is 0 Å². The number of carbonyl (C=O) groups is 1. The molecule has 0 radical (unpaired) electrons. The van der Waals surface area contributed by atoms with Crippen LogP contribution in [0.2, 0.25) is 0 Å². The topological polar surface area (TPSA) is 69.7 Å². The van der Waals surface area contributed by atoms with E-state index in [2.05, 4.69) is 18.0 Å². The summed E-state index contributed by atoms with van der Waals surface area (Å²) < 4.78 is 27.1. The Morgan fingerprint density at radius 2 is 1.69 bits per heavy atom. The number of amides is 1. The predicted octanol–water partition coefficient (Wildman–Crippen LogP) is 3.08. The number of rotatable bonds is 11. The van der Waals surface area contributed by atoms with Crippen molar-refractivity contribution in [3.8, 4) is 28.7 Å². The SMILES string of the molecule is COc1cc(OC)c2c(c1)OCN(CCCN(C)CCc1ccc(OC)c(OC)c1)C2=O. The Labute approximate surface area is 189 Å². The molecular formula is C24H32N2O6. The highest BCUT2D eigenvalue weighted by Crippen LogP contribution is 2.37. The van der Waals surface area contributed by atoms with E-state index in [1.807, 2.05) is 12.1 Å². The molecule has 1 aliphatic rings. The first-order valence-corrected chi connectivity index (χ1v) is 10.6. The summed E-state index contributed by atoms with van der Waals surface area (Å²) in [6.07, 6.45) is 1.74. The molecule has 0 bridgehead atoms. The first kappa shape index (κ1) is 23.5. The molecule has 0 unspecified atom stereocenters. The smallest absolute Gasteiger partial charge is 0.264 e. The van der Waals surface area contributed by atoms with Crippen LogP contribution in [0.4, 0.5) is 0 Å². The molecule has 0 N–H and O–H groups in total. The minimum absolute atomic E-state index is 0.0845. The van der Waals surface area contributed by atoms with Gasteiger partial charge in [0.1, 0.15) is 22.8 Å². The van der Waals surface area contributed by atoms with Gasteiger partial charge in [-0.3, -0.25) is 4.79 Å². The molecule has 0 saturated carbocycles. The number of likely N-dealkylation sites (N-methyl/N-ethyl adjacent to an activating group) is 1. The third-order valence-electron chi connectivity index (χ3n) is 5.57. The fourth-order valence-corrected chi connectivity index (χ4v) is 3.70. The number of ether oxygens (including phenoxy) is 5. The van der Waals surface area contributed by atoms with Gasteiger partial charge in [0.15, 0.2) is 18.2 Å². The average molecular weight is 445 g/mol. The van der Waals surface area contributed by atoms with Crippen LogP contribution in [0.1, 0.15) is 22.3 Å². The Kier molecular flexibility index (Phi) is 8.05. The third-order valence-corrected chi connectivity index (χ3v) is 5.57. The zero-order valence-electron chi connectivity index (χ0n) is 19.5. The van der Waals surface area contributed by atoms with Gasteiger partial charge in [0.25, 0.3) is 5.91 Å². The Bertz CT molecular complexity index is 916. The number of benzene rings is 2. The van der Waals surface area contributed by atoms with Crippen molar-refractivity contribution < 1.29 is 28.5 Å². The summed E-state index contributed by atoms with van der Waals surface area (Å²) in [4.78, 5) is 16.9. The number of carbonyl (C=O) groups excluding carboxylic acids is 1. The van der Waals surface area contributed by atoms with E-state index in [0.29, 0.717) is 29.4 Å². The predicted molar refractivity (Wildman–Crippen MR) is 121 cm³/mol. The number of fused-ring (bicyclic) bond motifs is 1. The fraction of sp³-hybridized carbons (Fsp3) is 0.458. The van der Waals surface area contributed by atoms with E-state index in [9.17, 15) is 4.79 Å². The maximum absolute atomic E-state index is 13.0. The van der Waals surface area contributed by atoms with Gasteiger partial charge in [-0.1, -0.05) is 6.07 Å². The van der Waals surface area contributed by atoms with Crippen LogP contribution in [0.5, 0.6) is 28.7 Å². The maximum atomic E-state index is 13.0. The normalized spacial score (nSPS) is 12.9. The molecule has 1 amide bonds. The van der Waals surface area contributed by atoms with Crippen LogP contribution in [0.3, 0.4) is 0 Å². The molecule has 2 aromatic rings. The van der Waals surface area contributed by atoms with E-state index in [-0.39, 0.29) is 12.6 Å². The Balaban J connectivity index is 1.50. The number of methoxy groups -OCH3 is 4. The summed E-state index contributed by atoms with van der Waals surface area (Å²) in [5.74, 6) is 2.94. The van der Waals surface area contributed by atoms with Gasteiger partial charge in [-0.25, -0.2) is 0 Å². The van der Waals surface area contributed by atoms with Gasteiger partial charge in [-0.05, 0) is 44.1 Å². The summed E-state index contributed by atoms with van der Waals surface area (Å²) in [7, 11) is 8.47. The van der Waals surface area contributed by atoms with Crippen molar-refractivity contribution in [2.24, 2.45) is 0 Å². The van der Waals surface area contributed by atoms with Crippen molar-refractivity contribution in [2.75, 3.05) is 61.9 Å². The van der Waals surface area contributed by atoms with Crippen LogP contribution in [-0.2, 0) is 6.42 Å². The summed E-state index contributed by atoms with van der Waals surface area (Å²) in [6.45, 7) is 2.59.